The van der Waals surface area contributed by atoms with E-state index in [1.807, 2.05) is 0 Å². The van der Waals surface area contributed by atoms with Crippen molar-refractivity contribution < 1.29 is 4.74 Å². The summed E-state index contributed by atoms with van der Waals surface area (Å²) in [4.78, 5) is 20.8. The molecule has 104 valence electrons. The Bertz CT molecular complexity index is 503. The summed E-state index contributed by atoms with van der Waals surface area (Å²) in [5, 5.41) is 3.52. The number of nitrogens with zero attached hydrogens (tertiary/aromatic N) is 2. The van der Waals surface area contributed by atoms with Gasteiger partial charge in [-0.3, -0.25) is 4.79 Å². The average molecular weight is 376 g/mol. The summed E-state index contributed by atoms with van der Waals surface area (Å²) in [6.45, 7) is 3.04. The summed E-state index contributed by atoms with van der Waals surface area (Å²) in [6.07, 6.45) is 4.02. The Balaban J connectivity index is 1.78. The minimum atomic E-state index is -0.0778. The molecule has 7 heteroatoms. The molecule has 1 aliphatic heterocycles. The van der Waals surface area contributed by atoms with Gasteiger partial charge in [-0.15, -0.1) is 0 Å². The van der Waals surface area contributed by atoms with Crippen LogP contribution in [-0.4, -0.2) is 48.4 Å². The number of halogens is 1. The highest BCUT2D eigenvalue weighted by molar-refractivity contribution is 14.1. The highest BCUT2D eigenvalue weighted by Gasteiger charge is 2.29. The van der Waals surface area contributed by atoms with Gasteiger partial charge in [0.2, 0.25) is 0 Å². The first-order valence-electron chi connectivity index (χ1n) is 6.56. The molecule has 3 rings (SSSR count). The molecule has 0 aromatic carbocycles. The fraction of sp³-hybridized carbons (Fsp3) is 0.667. The molecule has 0 radical (unpaired) electrons. The number of morpholine rings is 1. The van der Waals surface area contributed by atoms with Crippen LogP contribution in [0.15, 0.2) is 11.1 Å². The zero-order chi connectivity index (χ0) is 13.2. The van der Waals surface area contributed by atoms with Gasteiger partial charge in [-0.1, -0.05) is 0 Å². The highest BCUT2D eigenvalue weighted by Crippen LogP contribution is 2.22. The van der Waals surface area contributed by atoms with Crippen molar-refractivity contribution in [2.75, 3.05) is 31.2 Å². The van der Waals surface area contributed by atoms with Gasteiger partial charge in [-0.2, -0.15) is 0 Å². The third-order valence-corrected chi connectivity index (χ3v) is 4.47. The smallest absolute Gasteiger partial charge is 0.266 e. The van der Waals surface area contributed by atoms with Gasteiger partial charge in [-0.05, 0) is 35.4 Å². The maximum atomic E-state index is 11.7. The number of H-pyrrole nitrogens is 1. The van der Waals surface area contributed by atoms with E-state index in [1.54, 1.807) is 0 Å². The lowest BCUT2D eigenvalue weighted by molar-refractivity contribution is 0.0931. The maximum Gasteiger partial charge on any atom is 0.266 e. The fourth-order valence-corrected chi connectivity index (χ4v) is 2.87. The van der Waals surface area contributed by atoms with E-state index in [9.17, 15) is 4.79 Å². The standard InChI is InChI=1S/C12H17IN4O2/c13-10-11(15-7-16-12(10)18)17-3-4-19-6-9(17)5-14-8-1-2-8/h7-9,14H,1-6H2,(H,15,16,18). The Morgan fingerprint density at radius 1 is 1.58 bits per heavy atom. The highest BCUT2D eigenvalue weighted by atomic mass is 127. The van der Waals surface area contributed by atoms with Crippen LogP contribution < -0.4 is 15.8 Å². The SMILES string of the molecule is O=c1[nH]cnc(N2CCOCC2CNC2CC2)c1I. The molecular weight excluding hydrogens is 359 g/mol. The summed E-state index contributed by atoms with van der Waals surface area (Å²) in [5.41, 5.74) is -0.0778. The summed E-state index contributed by atoms with van der Waals surface area (Å²) in [6, 6.07) is 0.923. The fourth-order valence-electron chi connectivity index (χ4n) is 2.27. The molecule has 2 N–H and O–H groups in total. The lowest BCUT2D eigenvalue weighted by Gasteiger charge is -2.37. The molecule has 1 aromatic rings. The number of aromatic amines is 1. The lowest BCUT2D eigenvalue weighted by Crippen LogP contribution is -2.51. The molecule has 2 heterocycles. The minimum Gasteiger partial charge on any atom is -0.377 e. The van der Waals surface area contributed by atoms with Crippen LogP contribution >= 0.6 is 22.6 Å². The summed E-state index contributed by atoms with van der Waals surface area (Å²) in [7, 11) is 0. The molecule has 0 spiro atoms. The van der Waals surface area contributed by atoms with Crippen LogP contribution in [0.5, 0.6) is 0 Å². The molecule has 1 aromatic heterocycles. The van der Waals surface area contributed by atoms with E-state index in [4.69, 9.17) is 4.74 Å². The van der Waals surface area contributed by atoms with Crippen molar-refractivity contribution in [3.05, 3.63) is 20.3 Å². The van der Waals surface area contributed by atoms with Crippen molar-refractivity contribution in [3.63, 3.8) is 0 Å². The maximum absolute atomic E-state index is 11.7. The molecule has 1 atom stereocenters. The van der Waals surface area contributed by atoms with Crippen molar-refractivity contribution in [2.45, 2.75) is 24.9 Å². The van der Waals surface area contributed by atoms with Gasteiger partial charge >= 0.3 is 0 Å². The van der Waals surface area contributed by atoms with Crippen molar-refractivity contribution >= 4 is 28.4 Å². The zero-order valence-electron chi connectivity index (χ0n) is 10.6. The first kappa shape index (κ1) is 13.3. The summed E-state index contributed by atoms with van der Waals surface area (Å²) in [5.74, 6) is 0.773. The Hall–Kier alpha value is -0.670. The number of rotatable bonds is 4. The predicted molar refractivity (Wildman–Crippen MR) is 80.6 cm³/mol. The molecule has 6 nitrogen and oxygen atoms in total. The molecule has 2 aliphatic rings. The third kappa shape index (κ3) is 3.09. The number of hydrogen-bond donors (Lipinski definition) is 2. The lowest BCUT2D eigenvalue weighted by atomic mass is 10.2. The summed E-state index contributed by atoms with van der Waals surface area (Å²) < 4.78 is 6.21. The van der Waals surface area contributed by atoms with Crippen molar-refractivity contribution in [3.8, 4) is 0 Å². The van der Waals surface area contributed by atoms with Crippen molar-refractivity contribution in [1.82, 2.24) is 15.3 Å². The van der Waals surface area contributed by atoms with E-state index in [-0.39, 0.29) is 11.6 Å². The number of anilines is 1. The molecule has 2 fully saturated rings. The first-order chi connectivity index (χ1) is 9.25. The molecule has 19 heavy (non-hydrogen) atoms. The van der Waals surface area contributed by atoms with Gasteiger partial charge in [0.1, 0.15) is 9.39 Å². The van der Waals surface area contributed by atoms with E-state index in [0.717, 1.165) is 18.9 Å². The van der Waals surface area contributed by atoms with Crippen molar-refractivity contribution in [1.29, 1.82) is 0 Å². The van der Waals surface area contributed by atoms with Gasteiger partial charge in [0, 0.05) is 19.1 Å². The Morgan fingerprint density at radius 3 is 3.21 bits per heavy atom. The molecule has 0 bridgehead atoms. The van der Waals surface area contributed by atoms with Crippen LogP contribution in [0.2, 0.25) is 0 Å². The van der Waals surface area contributed by atoms with Gasteiger partial charge in [0.25, 0.3) is 5.56 Å². The Labute approximate surface area is 125 Å². The second-order valence-corrected chi connectivity index (χ2v) is 6.05. The number of aromatic nitrogens is 2. The van der Waals surface area contributed by atoms with Crippen LogP contribution in [0.1, 0.15) is 12.8 Å². The van der Waals surface area contributed by atoms with E-state index in [2.05, 4.69) is 42.8 Å². The molecule has 1 aliphatic carbocycles. The van der Waals surface area contributed by atoms with E-state index < -0.39 is 0 Å². The summed E-state index contributed by atoms with van der Waals surface area (Å²) >= 11 is 2.06. The van der Waals surface area contributed by atoms with Gasteiger partial charge < -0.3 is 19.9 Å². The molecular formula is C12H17IN4O2. The minimum absolute atomic E-state index is 0.0778. The zero-order valence-corrected chi connectivity index (χ0v) is 12.7. The molecule has 1 saturated heterocycles. The second kappa shape index (κ2) is 5.76. The topological polar surface area (TPSA) is 70.2 Å². The quantitative estimate of drug-likeness (QED) is 0.742. The number of ether oxygens (including phenoxy) is 1. The van der Waals surface area contributed by atoms with Crippen LogP contribution in [0, 0.1) is 3.57 Å². The van der Waals surface area contributed by atoms with Crippen LogP contribution in [0.4, 0.5) is 5.82 Å². The van der Waals surface area contributed by atoms with Gasteiger partial charge in [-0.25, -0.2) is 4.98 Å². The van der Waals surface area contributed by atoms with Crippen molar-refractivity contribution in [2.24, 2.45) is 0 Å². The van der Waals surface area contributed by atoms with E-state index in [0.29, 0.717) is 22.8 Å². The average Bonchev–Trinajstić information content (AvgIpc) is 3.24. The predicted octanol–water partition coefficient (Wildman–Crippen LogP) is 0.332. The number of nitrogens with one attached hydrogen (secondary N) is 2. The largest absolute Gasteiger partial charge is 0.377 e. The van der Waals surface area contributed by atoms with E-state index >= 15 is 0 Å². The second-order valence-electron chi connectivity index (χ2n) is 4.97. The molecule has 0 amide bonds. The normalized spacial score (nSPS) is 23.6. The van der Waals surface area contributed by atoms with Gasteiger partial charge in [0.05, 0.1) is 25.6 Å². The van der Waals surface area contributed by atoms with Crippen LogP contribution in [-0.2, 0) is 4.74 Å². The number of hydrogen-bond acceptors (Lipinski definition) is 5. The molecule has 1 saturated carbocycles. The Morgan fingerprint density at radius 2 is 2.42 bits per heavy atom. The van der Waals surface area contributed by atoms with Crippen LogP contribution in [0.25, 0.3) is 0 Å². The Kier molecular flexibility index (Phi) is 4.04. The third-order valence-electron chi connectivity index (χ3n) is 3.50. The monoisotopic (exact) mass is 376 g/mol. The first-order valence-corrected chi connectivity index (χ1v) is 7.64. The van der Waals surface area contributed by atoms with Crippen LogP contribution in [0.3, 0.4) is 0 Å². The molecule has 1 unspecified atom stereocenters. The van der Waals surface area contributed by atoms with E-state index in [1.165, 1.54) is 19.2 Å². The van der Waals surface area contributed by atoms with Gasteiger partial charge in [0.15, 0.2) is 0 Å².